The summed E-state index contributed by atoms with van der Waals surface area (Å²) < 4.78 is 16.6. The van der Waals surface area contributed by atoms with Gasteiger partial charge in [0.15, 0.2) is 17.3 Å². The normalized spacial score (nSPS) is 17.7. The quantitative estimate of drug-likeness (QED) is 0.698. The molecule has 0 atom stereocenters. The van der Waals surface area contributed by atoms with Crippen LogP contribution in [0.2, 0.25) is 0 Å². The molecule has 1 aliphatic carbocycles. The second kappa shape index (κ2) is 6.11. The van der Waals surface area contributed by atoms with Crippen LogP contribution in [0.1, 0.15) is 30.3 Å². The predicted octanol–water partition coefficient (Wildman–Crippen LogP) is 1.80. The van der Waals surface area contributed by atoms with Crippen LogP contribution in [0.4, 0.5) is 16.0 Å². The molecule has 5 rings (SSSR count). The summed E-state index contributed by atoms with van der Waals surface area (Å²) in [6.07, 6.45) is 5.35. The van der Waals surface area contributed by atoms with Gasteiger partial charge in [-0.05, 0) is 19.8 Å². The van der Waals surface area contributed by atoms with Crippen LogP contribution < -0.4 is 9.80 Å². The van der Waals surface area contributed by atoms with Crippen LogP contribution in [0.3, 0.4) is 0 Å². The Bertz CT molecular complexity index is 1000. The number of aromatic nitrogens is 6. The van der Waals surface area contributed by atoms with Crippen molar-refractivity contribution in [3.05, 3.63) is 29.9 Å². The average molecular weight is 368 g/mol. The summed E-state index contributed by atoms with van der Waals surface area (Å²) in [5.41, 5.74) is 1.40. The first-order valence-electron chi connectivity index (χ1n) is 9.28. The van der Waals surface area contributed by atoms with Gasteiger partial charge in [0.2, 0.25) is 0 Å². The topological polar surface area (TPSA) is 75.9 Å². The number of anilines is 2. The fraction of sp³-hybridized carbons (Fsp3) is 0.500. The van der Waals surface area contributed by atoms with Crippen LogP contribution in [0.5, 0.6) is 0 Å². The molecule has 8 nitrogen and oxygen atoms in total. The zero-order valence-corrected chi connectivity index (χ0v) is 15.4. The lowest BCUT2D eigenvalue weighted by Crippen LogP contribution is -2.47. The Balaban J connectivity index is 1.39. The fourth-order valence-corrected chi connectivity index (χ4v) is 3.72. The molecule has 0 amide bonds. The summed E-state index contributed by atoms with van der Waals surface area (Å²) in [4.78, 5) is 21.7. The second-order valence-corrected chi connectivity index (χ2v) is 7.24. The molecule has 2 aliphatic rings. The fourth-order valence-electron chi connectivity index (χ4n) is 3.72. The second-order valence-electron chi connectivity index (χ2n) is 7.24. The van der Waals surface area contributed by atoms with Gasteiger partial charge in [0, 0.05) is 39.1 Å². The monoisotopic (exact) mass is 368 g/mol. The van der Waals surface area contributed by atoms with Crippen molar-refractivity contribution in [2.24, 2.45) is 7.05 Å². The lowest BCUT2D eigenvalue weighted by Gasteiger charge is -2.36. The van der Waals surface area contributed by atoms with Crippen molar-refractivity contribution in [2.45, 2.75) is 25.7 Å². The van der Waals surface area contributed by atoms with Crippen molar-refractivity contribution in [1.29, 1.82) is 0 Å². The van der Waals surface area contributed by atoms with Crippen LogP contribution in [0.15, 0.2) is 12.5 Å². The first kappa shape index (κ1) is 16.3. The first-order chi connectivity index (χ1) is 13.1. The molecule has 4 heterocycles. The number of rotatable bonds is 3. The summed E-state index contributed by atoms with van der Waals surface area (Å²) in [6, 6.07) is 0. The van der Waals surface area contributed by atoms with E-state index in [1.807, 2.05) is 25.1 Å². The smallest absolute Gasteiger partial charge is 0.187 e. The maximum Gasteiger partial charge on any atom is 0.187 e. The highest BCUT2D eigenvalue weighted by Gasteiger charge is 2.31. The van der Waals surface area contributed by atoms with E-state index in [1.54, 1.807) is 4.68 Å². The minimum absolute atomic E-state index is 0.249. The predicted molar refractivity (Wildman–Crippen MR) is 99.4 cm³/mol. The average Bonchev–Trinajstić information content (AvgIpc) is 3.45. The van der Waals surface area contributed by atoms with Crippen LogP contribution in [0.25, 0.3) is 11.0 Å². The van der Waals surface area contributed by atoms with E-state index in [0.717, 1.165) is 48.6 Å². The molecule has 0 radical (unpaired) electrons. The Kier molecular flexibility index (Phi) is 3.70. The molecule has 0 N–H and O–H groups in total. The van der Waals surface area contributed by atoms with Crippen molar-refractivity contribution in [1.82, 2.24) is 29.7 Å². The van der Waals surface area contributed by atoms with Gasteiger partial charge in [0.25, 0.3) is 0 Å². The molecule has 140 valence electrons. The molecule has 9 heteroatoms. The number of piperazine rings is 1. The number of fused-ring (bicyclic) bond motifs is 1. The zero-order chi connectivity index (χ0) is 18.5. The van der Waals surface area contributed by atoms with Crippen molar-refractivity contribution in [3.8, 4) is 0 Å². The van der Waals surface area contributed by atoms with E-state index in [1.165, 1.54) is 6.33 Å². The van der Waals surface area contributed by atoms with Crippen molar-refractivity contribution in [3.63, 3.8) is 0 Å². The van der Waals surface area contributed by atoms with E-state index in [9.17, 15) is 4.39 Å². The van der Waals surface area contributed by atoms with E-state index in [4.69, 9.17) is 0 Å². The third-order valence-electron chi connectivity index (χ3n) is 5.32. The molecule has 1 saturated heterocycles. The van der Waals surface area contributed by atoms with E-state index >= 15 is 0 Å². The van der Waals surface area contributed by atoms with Gasteiger partial charge < -0.3 is 9.80 Å². The highest BCUT2D eigenvalue weighted by atomic mass is 19.1. The number of halogens is 1. The van der Waals surface area contributed by atoms with E-state index in [0.29, 0.717) is 24.6 Å². The highest BCUT2D eigenvalue weighted by Crippen LogP contribution is 2.41. The molecule has 3 aromatic heterocycles. The minimum Gasteiger partial charge on any atom is -0.352 e. The van der Waals surface area contributed by atoms with Gasteiger partial charge in [0.05, 0.1) is 17.3 Å². The van der Waals surface area contributed by atoms with Gasteiger partial charge in [0.1, 0.15) is 18.0 Å². The summed E-state index contributed by atoms with van der Waals surface area (Å²) in [7, 11) is 1.88. The largest absolute Gasteiger partial charge is 0.352 e. The first-order valence-corrected chi connectivity index (χ1v) is 9.28. The van der Waals surface area contributed by atoms with Crippen LogP contribution in [0, 0.1) is 12.7 Å². The lowest BCUT2D eigenvalue weighted by atomic mass is 10.2. The summed E-state index contributed by atoms with van der Waals surface area (Å²) in [6.45, 7) is 4.73. The SMILES string of the molecule is Cc1nc(N2CCN(c3ncnc(C4CC4)c3F)CC2)c2cnn(C)c2n1. The Hall–Kier alpha value is -2.84. The van der Waals surface area contributed by atoms with E-state index in [2.05, 4.69) is 29.9 Å². The molecule has 0 unspecified atom stereocenters. The van der Waals surface area contributed by atoms with Gasteiger partial charge >= 0.3 is 0 Å². The Morgan fingerprint density at radius 1 is 1.00 bits per heavy atom. The summed E-state index contributed by atoms with van der Waals surface area (Å²) in [5, 5.41) is 5.25. The molecule has 3 aromatic rings. The maximum atomic E-state index is 14.8. The number of hydrogen-bond acceptors (Lipinski definition) is 7. The number of aryl methyl sites for hydroxylation is 2. The van der Waals surface area contributed by atoms with Crippen LogP contribution >= 0.6 is 0 Å². The molecule has 0 bridgehead atoms. The minimum atomic E-state index is -0.249. The molecule has 2 fully saturated rings. The molecule has 1 saturated carbocycles. The number of nitrogens with zero attached hydrogens (tertiary/aromatic N) is 8. The Morgan fingerprint density at radius 3 is 2.41 bits per heavy atom. The van der Waals surface area contributed by atoms with Gasteiger partial charge in [-0.3, -0.25) is 4.68 Å². The lowest BCUT2D eigenvalue weighted by molar-refractivity contribution is 0.567. The Morgan fingerprint density at radius 2 is 1.70 bits per heavy atom. The Labute approximate surface area is 156 Å². The van der Waals surface area contributed by atoms with Crippen molar-refractivity contribution >= 4 is 22.7 Å². The molecular weight excluding hydrogens is 347 g/mol. The van der Waals surface area contributed by atoms with Gasteiger partial charge in [-0.25, -0.2) is 24.3 Å². The third-order valence-corrected chi connectivity index (χ3v) is 5.32. The molecule has 0 aromatic carbocycles. The molecule has 0 spiro atoms. The zero-order valence-electron chi connectivity index (χ0n) is 15.4. The van der Waals surface area contributed by atoms with Gasteiger partial charge in [-0.2, -0.15) is 5.10 Å². The van der Waals surface area contributed by atoms with Gasteiger partial charge in [-0.1, -0.05) is 0 Å². The van der Waals surface area contributed by atoms with Crippen molar-refractivity contribution in [2.75, 3.05) is 36.0 Å². The maximum absolute atomic E-state index is 14.8. The van der Waals surface area contributed by atoms with Crippen LogP contribution in [-0.4, -0.2) is 55.9 Å². The van der Waals surface area contributed by atoms with Crippen molar-refractivity contribution < 1.29 is 4.39 Å². The highest BCUT2D eigenvalue weighted by molar-refractivity contribution is 5.87. The summed E-state index contributed by atoms with van der Waals surface area (Å²) in [5.74, 6) is 2.07. The van der Waals surface area contributed by atoms with E-state index < -0.39 is 0 Å². The molecule has 27 heavy (non-hydrogen) atoms. The van der Waals surface area contributed by atoms with E-state index in [-0.39, 0.29) is 11.7 Å². The molecule has 1 aliphatic heterocycles. The molecular formula is C18H21FN8. The number of hydrogen-bond donors (Lipinski definition) is 0. The van der Waals surface area contributed by atoms with Crippen LogP contribution in [-0.2, 0) is 7.05 Å². The standard InChI is InChI=1S/C18H21FN8/c1-11-23-16-13(9-22-25(16)2)17(24-11)26-5-7-27(8-6-26)18-14(19)15(12-3-4-12)20-10-21-18/h9-10,12H,3-8H2,1-2H3. The third kappa shape index (κ3) is 2.77. The van der Waals surface area contributed by atoms with Gasteiger partial charge in [-0.15, -0.1) is 0 Å². The summed E-state index contributed by atoms with van der Waals surface area (Å²) >= 11 is 0.